The third kappa shape index (κ3) is 8.88. The van der Waals surface area contributed by atoms with E-state index in [0.717, 1.165) is 32.4 Å². The van der Waals surface area contributed by atoms with Crippen LogP contribution in [0, 0.1) is 5.92 Å². The first-order valence-corrected chi connectivity index (χ1v) is 6.45. The van der Waals surface area contributed by atoms with E-state index in [9.17, 15) is 5.11 Å². The minimum absolute atomic E-state index is 0.491. The van der Waals surface area contributed by atoms with E-state index in [0.29, 0.717) is 5.92 Å². The molecule has 2 atom stereocenters. The van der Waals surface area contributed by atoms with Crippen molar-refractivity contribution in [2.45, 2.75) is 65.4 Å². The molecule has 0 aliphatic heterocycles. The number of rotatable bonds is 9. The normalized spacial score (nSPS) is 17.4. The Balaban J connectivity index is 3.65. The lowest BCUT2D eigenvalue weighted by Gasteiger charge is -2.26. The maximum Gasteiger partial charge on any atom is 0.0634 e. The van der Waals surface area contributed by atoms with Crippen LogP contribution >= 0.6 is 0 Å². The molecule has 0 heterocycles. The summed E-state index contributed by atoms with van der Waals surface area (Å²) in [4.78, 5) is 0. The predicted octanol–water partition coefficient (Wildman–Crippen LogP) is 2.95. The summed E-state index contributed by atoms with van der Waals surface area (Å²) in [5.41, 5.74) is -0.491. The molecule has 0 radical (unpaired) electrons. The molecule has 0 aromatic carbocycles. The Bertz CT molecular complexity index is 145. The van der Waals surface area contributed by atoms with Gasteiger partial charge in [0, 0.05) is 0 Å². The second kappa shape index (κ2) is 8.12. The average Bonchev–Trinajstić information content (AvgIpc) is 2.12. The molecule has 0 spiro atoms. The van der Waals surface area contributed by atoms with Crippen LogP contribution in [-0.2, 0) is 0 Å². The molecule has 92 valence electrons. The van der Waals surface area contributed by atoms with Gasteiger partial charge in [-0.3, -0.25) is 0 Å². The van der Waals surface area contributed by atoms with Gasteiger partial charge in [0.25, 0.3) is 0 Å². The molecule has 0 fully saturated rings. The van der Waals surface area contributed by atoms with Crippen molar-refractivity contribution in [2.75, 3.05) is 13.1 Å². The topological polar surface area (TPSA) is 32.3 Å². The van der Waals surface area contributed by atoms with Crippen LogP contribution in [-0.4, -0.2) is 23.8 Å². The molecule has 0 saturated heterocycles. The zero-order valence-electron chi connectivity index (χ0n) is 11.0. The lowest BCUT2D eigenvalue weighted by atomic mass is 9.88. The van der Waals surface area contributed by atoms with Crippen LogP contribution in [0.1, 0.15) is 59.8 Å². The molecule has 0 aliphatic carbocycles. The zero-order valence-corrected chi connectivity index (χ0v) is 11.0. The maximum absolute atomic E-state index is 10.2. The molecule has 2 nitrogen and oxygen atoms in total. The van der Waals surface area contributed by atoms with Crippen LogP contribution < -0.4 is 5.32 Å². The van der Waals surface area contributed by atoms with Crippen molar-refractivity contribution in [3.05, 3.63) is 0 Å². The van der Waals surface area contributed by atoms with E-state index in [1.54, 1.807) is 0 Å². The summed E-state index contributed by atoms with van der Waals surface area (Å²) in [5.74, 6) is 0.635. The van der Waals surface area contributed by atoms with Gasteiger partial charge in [-0.05, 0) is 45.2 Å². The SMILES string of the molecule is CCCNCCC(C)(O)CC(C)CCC. The van der Waals surface area contributed by atoms with Crippen molar-refractivity contribution < 1.29 is 5.11 Å². The fraction of sp³-hybridized carbons (Fsp3) is 1.00. The maximum atomic E-state index is 10.2. The van der Waals surface area contributed by atoms with Crippen molar-refractivity contribution in [1.82, 2.24) is 5.32 Å². The third-order valence-corrected chi connectivity index (χ3v) is 2.84. The van der Waals surface area contributed by atoms with E-state index < -0.39 is 5.60 Å². The summed E-state index contributed by atoms with van der Waals surface area (Å²) in [6, 6.07) is 0. The largest absolute Gasteiger partial charge is 0.390 e. The van der Waals surface area contributed by atoms with Gasteiger partial charge in [0.05, 0.1) is 5.60 Å². The molecule has 0 bridgehead atoms. The van der Waals surface area contributed by atoms with Gasteiger partial charge in [0.15, 0.2) is 0 Å². The second-order valence-electron chi connectivity index (χ2n) is 5.09. The highest BCUT2D eigenvalue weighted by Crippen LogP contribution is 2.22. The predicted molar refractivity (Wildman–Crippen MR) is 67.1 cm³/mol. The minimum Gasteiger partial charge on any atom is -0.390 e. The van der Waals surface area contributed by atoms with Gasteiger partial charge in [-0.1, -0.05) is 33.6 Å². The Morgan fingerprint density at radius 1 is 1.20 bits per heavy atom. The quantitative estimate of drug-likeness (QED) is 0.580. The van der Waals surface area contributed by atoms with Crippen LogP contribution in [0.4, 0.5) is 0 Å². The molecule has 0 amide bonds. The first-order chi connectivity index (χ1) is 7.02. The fourth-order valence-electron chi connectivity index (χ4n) is 2.11. The lowest BCUT2D eigenvalue weighted by Crippen LogP contribution is -2.32. The van der Waals surface area contributed by atoms with E-state index in [-0.39, 0.29) is 0 Å². The smallest absolute Gasteiger partial charge is 0.0634 e. The highest BCUT2D eigenvalue weighted by atomic mass is 16.3. The molecular formula is C13H29NO. The van der Waals surface area contributed by atoms with Crippen LogP contribution in [0.3, 0.4) is 0 Å². The van der Waals surface area contributed by atoms with Gasteiger partial charge < -0.3 is 10.4 Å². The summed E-state index contributed by atoms with van der Waals surface area (Å²) >= 11 is 0. The van der Waals surface area contributed by atoms with Crippen molar-refractivity contribution in [3.63, 3.8) is 0 Å². The van der Waals surface area contributed by atoms with Crippen molar-refractivity contribution in [1.29, 1.82) is 0 Å². The Kier molecular flexibility index (Phi) is 8.07. The third-order valence-electron chi connectivity index (χ3n) is 2.84. The zero-order chi connectivity index (χ0) is 11.7. The van der Waals surface area contributed by atoms with E-state index in [1.807, 2.05) is 6.92 Å². The molecular weight excluding hydrogens is 186 g/mol. The molecule has 0 aromatic heterocycles. The monoisotopic (exact) mass is 215 g/mol. The van der Waals surface area contributed by atoms with E-state index >= 15 is 0 Å². The minimum atomic E-state index is -0.491. The average molecular weight is 215 g/mol. The Hall–Kier alpha value is -0.0800. The van der Waals surface area contributed by atoms with Gasteiger partial charge in [-0.2, -0.15) is 0 Å². The lowest BCUT2D eigenvalue weighted by molar-refractivity contribution is 0.0269. The summed E-state index contributed by atoms with van der Waals surface area (Å²) in [6.07, 6.45) is 5.38. The van der Waals surface area contributed by atoms with Gasteiger partial charge in [-0.15, -0.1) is 0 Å². The Morgan fingerprint density at radius 3 is 2.40 bits per heavy atom. The number of hydrogen-bond acceptors (Lipinski definition) is 2. The molecule has 15 heavy (non-hydrogen) atoms. The summed E-state index contributed by atoms with van der Waals surface area (Å²) < 4.78 is 0. The van der Waals surface area contributed by atoms with Crippen LogP contribution in [0.5, 0.6) is 0 Å². The van der Waals surface area contributed by atoms with Gasteiger partial charge in [0.2, 0.25) is 0 Å². The molecule has 0 rings (SSSR count). The first kappa shape index (κ1) is 14.9. The molecule has 0 saturated carbocycles. The summed E-state index contributed by atoms with van der Waals surface area (Å²) in [5, 5.41) is 13.5. The Labute approximate surface area is 95.5 Å². The van der Waals surface area contributed by atoms with E-state index in [2.05, 4.69) is 26.1 Å². The molecule has 2 unspecified atom stereocenters. The summed E-state index contributed by atoms with van der Waals surface area (Å²) in [7, 11) is 0. The van der Waals surface area contributed by atoms with E-state index in [4.69, 9.17) is 0 Å². The van der Waals surface area contributed by atoms with Crippen LogP contribution in [0.15, 0.2) is 0 Å². The summed E-state index contributed by atoms with van der Waals surface area (Å²) in [6.45, 7) is 10.5. The van der Waals surface area contributed by atoms with Crippen LogP contribution in [0.2, 0.25) is 0 Å². The molecule has 2 N–H and O–H groups in total. The number of hydrogen-bond donors (Lipinski definition) is 2. The van der Waals surface area contributed by atoms with Gasteiger partial charge >= 0.3 is 0 Å². The molecule has 0 aromatic rings. The second-order valence-corrected chi connectivity index (χ2v) is 5.09. The number of aliphatic hydroxyl groups is 1. The standard InChI is InChI=1S/C13H29NO/c1-5-7-12(3)11-13(4,15)8-10-14-9-6-2/h12,14-15H,5-11H2,1-4H3. The van der Waals surface area contributed by atoms with Crippen molar-refractivity contribution >= 4 is 0 Å². The van der Waals surface area contributed by atoms with Crippen LogP contribution in [0.25, 0.3) is 0 Å². The van der Waals surface area contributed by atoms with Gasteiger partial charge in [-0.25, -0.2) is 0 Å². The molecule has 2 heteroatoms. The number of nitrogens with one attached hydrogen (secondary N) is 1. The molecule has 0 aliphatic rings. The first-order valence-electron chi connectivity index (χ1n) is 6.45. The van der Waals surface area contributed by atoms with Crippen molar-refractivity contribution in [2.24, 2.45) is 5.92 Å². The fourth-order valence-corrected chi connectivity index (χ4v) is 2.11. The van der Waals surface area contributed by atoms with Crippen molar-refractivity contribution in [3.8, 4) is 0 Å². The van der Waals surface area contributed by atoms with Gasteiger partial charge in [0.1, 0.15) is 0 Å². The van der Waals surface area contributed by atoms with E-state index in [1.165, 1.54) is 12.8 Å². The highest BCUT2D eigenvalue weighted by Gasteiger charge is 2.22. The highest BCUT2D eigenvalue weighted by molar-refractivity contribution is 4.76. The Morgan fingerprint density at radius 2 is 1.87 bits per heavy atom.